The molecule has 0 atom stereocenters. The quantitative estimate of drug-likeness (QED) is 0.530. The number of aromatic hydroxyl groups is 1. The van der Waals surface area contributed by atoms with Crippen LogP contribution in [-0.2, 0) is 0 Å². The second-order valence-electron chi connectivity index (χ2n) is 6.76. The smallest absolute Gasteiger partial charge is 0.271 e. The maximum Gasteiger partial charge on any atom is 0.271 e. The number of phenols is 1. The summed E-state index contributed by atoms with van der Waals surface area (Å²) in [5.41, 5.74) is 6.02. The number of phenolic OH excluding ortho intramolecular Hbond substituents is 1. The third-order valence-corrected chi connectivity index (χ3v) is 4.87. The van der Waals surface area contributed by atoms with Crippen molar-refractivity contribution in [3.63, 3.8) is 0 Å². The minimum Gasteiger partial charge on any atom is -0.508 e. The van der Waals surface area contributed by atoms with Gasteiger partial charge in [0.05, 0.1) is 11.9 Å². The van der Waals surface area contributed by atoms with Crippen LogP contribution in [0.1, 0.15) is 28.9 Å². The monoisotopic (exact) mass is 374 g/mol. The van der Waals surface area contributed by atoms with Gasteiger partial charge < -0.3 is 14.6 Å². The average molecular weight is 374 g/mol. The summed E-state index contributed by atoms with van der Waals surface area (Å²) < 4.78 is 1.92. The molecule has 1 fully saturated rings. The molecule has 2 N–H and O–H groups in total. The molecule has 1 saturated heterocycles. The number of rotatable bonds is 5. The molecule has 2 aromatic carbocycles. The van der Waals surface area contributed by atoms with Gasteiger partial charge in [-0.2, -0.15) is 5.10 Å². The zero-order chi connectivity index (χ0) is 19.3. The van der Waals surface area contributed by atoms with Crippen LogP contribution in [0.5, 0.6) is 5.75 Å². The molecule has 6 nitrogen and oxygen atoms in total. The normalized spacial score (nSPS) is 13.9. The van der Waals surface area contributed by atoms with Crippen LogP contribution >= 0.6 is 0 Å². The predicted molar refractivity (Wildman–Crippen MR) is 110 cm³/mol. The molecule has 1 aliphatic rings. The van der Waals surface area contributed by atoms with Crippen molar-refractivity contribution in [3.05, 3.63) is 78.1 Å². The highest BCUT2D eigenvalue weighted by atomic mass is 16.3. The number of carbonyl (C=O) groups is 1. The molecule has 6 heteroatoms. The van der Waals surface area contributed by atoms with E-state index in [-0.39, 0.29) is 11.7 Å². The first-order valence-electron chi connectivity index (χ1n) is 9.36. The highest BCUT2D eigenvalue weighted by Crippen LogP contribution is 2.20. The van der Waals surface area contributed by atoms with Crippen molar-refractivity contribution >= 4 is 17.8 Å². The van der Waals surface area contributed by atoms with Crippen LogP contribution in [0.25, 0.3) is 5.69 Å². The van der Waals surface area contributed by atoms with Crippen molar-refractivity contribution in [3.8, 4) is 11.4 Å². The summed E-state index contributed by atoms with van der Waals surface area (Å²) in [5, 5.41) is 13.5. The molecule has 0 aliphatic carbocycles. The molecule has 0 unspecified atom stereocenters. The summed E-state index contributed by atoms with van der Waals surface area (Å²) in [5.74, 6) is -0.0268. The summed E-state index contributed by atoms with van der Waals surface area (Å²) >= 11 is 0. The highest BCUT2D eigenvalue weighted by Gasteiger charge is 2.13. The number of hydrogen-bond donors (Lipinski definition) is 2. The van der Waals surface area contributed by atoms with Gasteiger partial charge in [0.2, 0.25) is 0 Å². The summed E-state index contributed by atoms with van der Waals surface area (Å²) in [6.45, 7) is 2.16. The van der Waals surface area contributed by atoms with E-state index in [2.05, 4.69) is 15.4 Å². The Bertz CT molecular complexity index is 969. The lowest BCUT2D eigenvalue weighted by molar-refractivity contribution is 0.0955. The van der Waals surface area contributed by atoms with Crippen LogP contribution in [-0.4, -0.2) is 34.9 Å². The first-order valence-corrected chi connectivity index (χ1v) is 9.36. The predicted octanol–water partition coefficient (Wildman–Crippen LogP) is 3.55. The molecule has 2 heterocycles. The van der Waals surface area contributed by atoms with E-state index in [1.54, 1.807) is 18.3 Å². The Hall–Kier alpha value is -3.54. The Morgan fingerprint density at radius 1 is 0.964 bits per heavy atom. The molecule has 142 valence electrons. The van der Waals surface area contributed by atoms with Gasteiger partial charge in [0.25, 0.3) is 5.91 Å². The third-order valence-electron chi connectivity index (χ3n) is 4.87. The number of hydrogen-bond acceptors (Lipinski definition) is 4. The van der Waals surface area contributed by atoms with E-state index in [0.717, 1.165) is 30.2 Å². The Morgan fingerprint density at radius 3 is 2.36 bits per heavy atom. The average Bonchev–Trinajstić information content (AvgIpc) is 3.41. The van der Waals surface area contributed by atoms with Crippen LogP contribution in [0.4, 0.5) is 5.69 Å². The molecule has 0 saturated carbocycles. The van der Waals surface area contributed by atoms with Crippen molar-refractivity contribution in [2.45, 2.75) is 12.8 Å². The van der Waals surface area contributed by atoms with Crippen molar-refractivity contribution < 1.29 is 9.90 Å². The number of anilines is 1. The fourth-order valence-electron chi connectivity index (χ4n) is 3.37. The van der Waals surface area contributed by atoms with E-state index in [9.17, 15) is 9.90 Å². The molecule has 28 heavy (non-hydrogen) atoms. The largest absolute Gasteiger partial charge is 0.508 e. The van der Waals surface area contributed by atoms with Gasteiger partial charge in [0.15, 0.2) is 0 Å². The van der Waals surface area contributed by atoms with E-state index in [4.69, 9.17) is 0 Å². The molecular formula is C22H22N4O2. The lowest BCUT2D eigenvalue weighted by Crippen LogP contribution is -2.19. The SMILES string of the molecule is O=C(N/N=C\c1cccn1-c1ccc(O)cc1)c1ccc(N2CCCC2)cc1. The number of amides is 1. The second kappa shape index (κ2) is 8.00. The van der Waals surface area contributed by atoms with Crippen LogP contribution < -0.4 is 10.3 Å². The number of aromatic nitrogens is 1. The standard InChI is InChI=1S/C22H22N4O2/c27-21-11-9-19(10-12-21)26-15-3-4-20(26)16-23-24-22(28)17-5-7-18(8-6-17)25-13-1-2-14-25/h3-12,15-16,27H,1-2,13-14H2,(H,24,28)/b23-16-. The molecule has 1 aliphatic heterocycles. The number of nitrogens with one attached hydrogen (secondary N) is 1. The summed E-state index contributed by atoms with van der Waals surface area (Å²) in [6.07, 6.45) is 5.95. The van der Waals surface area contributed by atoms with Crippen molar-refractivity contribution in [2.75, 3.05) is 18.0 Å². The zero-order valence-corrected chi connectivity index (χ0v) is 15.5. The lowest BCUT2D eigenvalue weighted by atomic mass is 10.2. The fraction of sp³-hybridized carbons (Fsp3) is 0.182. The van der Waals surface area contributed by atoms with Gasteiger partial charge in [-0.1, -0.05) is 0 Å². The highest BCUT2D eigenvalue weighted by molar-refractivity contribution is 5.95. The van der Waals surface area contributed by atoms with Crippen LogP contribution in [0.15, 0.2) is 72.0 Å². The molecule has 1 amide bonds. The molecule has 1 aromatic heterocycles. The van der Waals surface area contributed by atoms with Crippen LogP contribution in [0.2, 0.25) is 0 Å². The lowest BCUT2D eigenvalue weighted by Gasteiger charge is -2.17. The van der Waals surface area contributed by atoms with E-state index in [0.29, 0.717) is 5.56 Å². The molecule has 4 rings (SSSR count). The van der Waals surface area contributed by atoms with E-state index in [1.165, 1.54) is 12.8 Å². The number of hydrazone groups is 1. The number of benzene rings is 2. The van der Waals surface area contributed by atoms with Gasteiger partial charge in [-0.15, -0.1) is 0 Å². The number of carbonyl (C=O) groups excluding carboxylic acids is 1. The molecule has 3 aromatic rings. The first kappa shape index (κ1) is 17.9. The Kier molecular flexibility index (Phi) is 5.10. The topological polar surface area (TPSA) is 69.9 Å². The fourth-order valence-corrected chi connectivity index (χ4v) is 3.37. The molecule has 0 spiro atoms. The third kappa shape index (κ3) is 3.91. The molecular weight excluding hydrogens is 352 g/mol. The minimum absolute atomic E-state index is 0.217. The summed E-state index contributed by atoms with van der Waals surface area (Å²) in [7, 11) is 0. The minimum atomic E-state index is -0.244. The Balaban J connectivity index is 1.40. The maximum absolute atomic E-state index is 12.3. The molecule has 0 bridgehead atoms. The van der Waals surface area contributed by atoms with Crippen LogP contribution in [0, 0.1) is 0 Å². The van der Waals surface area contributed by atoms with Crippen LogP contribution in [0.3, 0.4) is 0 Å². The van der Waals surface area contributed by atoms with Crippen molar-refractivity contribution in [2.24, 2.45) is 5.10 Å². The Labute approximate surface area is 163 Å². The van der Waals surface area contributed by atoms with Crippen molar-refractivity contribution in [1.29, 1.82) is 0 Å². The molecule has 0 radical (unpaired) electrons. The summed E-state index contributed by atoms with van der Waals surface area (Å²) in [6, 6.07) is 18.3. The Morgan fingerprint density at radius 2 is 1.64 bits per heavy atom. The second-order valence-corrected chi connectivity index (χ2v) is 6.76. The van der Waals surface area contributed by atoms with Crippen molar-refractivity contribution in [1.82, 2.24) is 9.99 Å². The summed E-state index contributed by atoms with van der Waals surface area (Å²) in [4.78, 5) is 14.7. The van der Waals surface area contributed by atoms with E-state index in [1.807, 2.05) is 59.3 Å². The van der Waals surface area contributed by atoms with Gasteiger partial charge in [-0.05, 0) is 73.5 Å². The zero-order valence-electron chi connectivity index (χ0n) is 15.5. The first-order chi connectivity index (χ1) is 13.7. The maximum atomic E-state index is 12.3. The van der Waals surface area contributed by atoms with E-state index < -0.39 is 0 Å². The van der Waals surface area contributed by atoms with E-state index >= 15 is 0 Å². The number of nitrogens with zero attached hydrogens (tertiary/aromatic N) is 3. The van der Waals surface area contributed by atoms with Gasteiger partial charge in [0, 0.05) is 36.2 Å². The van der Waals surface area contributed by atoms with Gasteiger partial charge >= 0.3 is 0 Å². The van der Waals surface area contributed by atoms with Gasteiger partial charge in [0.1, 0.15) is 5.75 Å². The van der Waals surface area contributed by atoms with Gasteiger partial charge in [-0.25, -0.2) is 5.43 Å². The van der Waals surface area contributed by atoms with Gasteiger partial charge in [-0.3, -0.25) is 4.79 Å².